The van der Waals surface area contributed by atoms with Crippen LogP contribution in [0.1, 0.15) is 47.0 Å². The molecule has 0 unspecified atom stereocenters. The second-order valence-electron chi connectivity index (χ2n) is 2.62. The monoisotopic (exact) mass is 154 g/mol. The second kappa shape index (κ2) is 12.2. The Kier molecular flexibility index (Phi) is 14.5. The summed E-state index contributed by atoms with van der Waals surface area (Å²) in [6.07, 6.45) is 7.66. The van der Waals surface area contributed by atoms with Gasteiger partial charge in [0.25, 0.3) is 0 Å². The van der Waals surface area contributed by atoms with Gasteiger partial charge in [-0.3, -0.25) is 0 Å². The molecule has 0 saturated heterocycles. The van der Waals surface area contributed by atoms with Gasteiger partial charge >= 0.3 is 0 Å². The van der Waals surface area contributed by atoms with Gasteiger partial charge in [-0.25, -0.2) is 0 Å². The van der Waals surface area contributed by atoms with E-state index in [1.54, 1.807) is 0 Å². The van der Waals surface area contributed by atoms with Gasteiger partial charge in [0.15, 0.2) is 0 Å². The van der Waals surface area contributed by atoms with Gasteiger partial charge in [-0.05, 0) is 13.3 Å². The third-order valence-corrected chi connectivity index (χ3v) is 0.973. The molecule has 0 aromatic carbocycles. The minimum atomic E-state index is 1.13. The van der Waals surface area contributed by atoms with Crippen LogP contribution in [-0.2, 0) is 0 Å². The van der Waals surface area contributed by atoms with E-state index in [4.69, 9.17) is 0 Å². The van der Waals surface area contributed by atoms with Crippen molar-refractivity contribution in [1.29, 1.82) is 0 Å². The Morgan fingerprint density at radius 1 is 1.27 bits per heavy atom. The highest BCUT2D eigenvalue weighted by Crippen LogP contribution is 2.01. The first-order valence-corrected chi connectivity index (χ1v) is 4.53. The zero-order valence-corrected chi connectivity index (χ0v) is 8.48. The number of rotatable bonds is 3. The van der Waals surface area contributed by atoms with Crippen LogP contribution in [0.5, 0.6) is 0 Å². The molecular weight excluding hydrogens is 132 g/mol. The molecule has 0 fully saturated rings. The van der Waals surface area contributed by atoms with Gasteiger partial charge in [0.2, 0.25) is 0 Å². The van der Waals surface area contributed by atoms with E-state index in [1.807, 2.05) is 13.0 Å². The van der Waals surface area contributed by atoms with E-state index < -0.39 is 0 Å². The van der Waals surface area contributed by atoms with E-state index in [2.05, 4.69) is 33.4 Å². The van der Waals surface area contributed by atoms with Crippen LogP contribution in [0.3, 0.4) is 0 Å². The molecule has 0 N–H and O–H groups in total. The molecule has 0 aliphatic heterocycles. The van der Waals surface area contributed by atoms with Crippen LogP contribution in [0.15, 0.2) is 24.3 Å². The van der Waals surface area contributed by atoms with E-state index in [0.717, 1.165) is 6.42 Å². The van der Waals surface area contributed by atoms with Crippen molar-refractivity contribution in [2.45, 2.75) is 47.0 Å². The maximum absolute atomic E-state index is 3.85. The Bertz CT molecular complexity index is 98.6. The van der Waals surface area contributed by atoms with E-state index in [-0.39, 0.29) is 0 Å². The normalized spacial score (nSPS) is 9.09. The summed E-state index contributed by atoms with van der Waals surface area (Å²) in [6, 6.07) is 0. The molecule has 0 aliphatic rings. The molecule has 0 nitrogen and oxygen atoms in total. The molecule has 0 atom stereocenters. The molecule has 0 spiro atoms. The fraction of sp³-hybridized carbons (Fsp3) is 0.636. The molecule has 0 bridgehead atoms. The summed E-state index contributed by atoms with van der Waals surface area (Å²) in [6.45, 7) is 12.3. The standard InChI is InChI=1S/C8H14.C3H8/c1-4-6-8(3)7-5-2;1-3-2/h4,6H,3,5,7H2,1-2H3;3H2,1-2H3/b6-4-;. The van der Waals surface area contributed by atoms with Crippen molar-refractivity contribution in [3.8, 4) is 0 Å². The van der Waals surface area contributed by atoms with E-state index >= 15 is 0 Å². The number of allylic oxidation sites excluding steroid dienone is 3. The molecule has 0 aliphatic carbocycles. The minimum absolute atomic E-state index is 1.13. The molecule has 0 radical (unpaired) electrons. The molecule has 0 aromatic heterocycles. The molecule has 0 heterocycles. The quantitative estimate of drug-likeness (QED) is 0.531. The summed E-state index contributed by atoms with van der Waals surface area (Å²) in [4.78, 5) is 0. The van der Waals surface area contributed by atoms with E-state index in [9.17, 15) is 0 Å². The highest BCUT2D eigenvalue weighted by atomic mass is 13.9. The largest absolute Gasteiger partial charge is 0.0958 e. The van der Waals surface area contributed by atoms with Gasteiger partial charge < -0.3 is 0 Å². The highest BCUT2D eigenvalue weighted by molar-refractivity contribution is 5.12. The van der Waals surface area contributed by atoms with Crippen LogP contribution >= 0.6 is 0 Å². The average molecular weight is 154 g/mol. The maximum atomic E-state index is 3.85. The lowest BCUT2D eigenvalue weighted by Crippen LogP contribution is -1.71. The Hall–Kier alpha value is -0.520. The lowest BCUT2D eigenvalue weighted by atomic mass is 10.2. The third-order valence-electron chi connectivity index (χ3n) is 0.973. The molecule has 0 rings (SSSR count). The number of hydrogen-bond acceptors (Lipinski definition) is 0. The van der Waals surface area contributed by atoms with Crippen LogP contribution in [0.2, 0.25) is 0 Å². The Balaban J connectivity index is 0. The highest BCUT2D eigenvalue weighted by Gasteiger charge is 1.81. The van der Waals surface area contributed by atoms with Gasteiger partial charge in [-0.2, -0.15) is 0 Å². The summed E-state index contributed by atoms with van der Waals surface area (Å²) in [5.74, 6) is 0. The lowest BCUT2D eigenvalue weighted by Gasteiger charge is -1.91. The predicted molar refractivity (Wildman–Crippen MR) is 54.8 cm³/mol. The molecule has 0 saturated carbocycles. The van der Waals surface area contributed by atoms with Crippen molar-refractivity contribution < 1.29 is 0 Å². The Labute approximate surface area is 72.0 Å². The summed E-state index contributed by atoms with van der Waals surface area (Å²) in [7, 11) is 0. The summed E-state index contributed by atoms with van der Waals surface area (Å²) in [5, 5.41) is 0. The maximum Gasteiger partial charge on any atom is -0.0287 e. The number of hydrogen-bond donors (Lipinski definition) is 0. The SMILES string of the molecule is C=C(/C=C\C)CCC.CCC. The van der Waals surface area contributed by atoms with Crippen LogP contribution in [0.4, 0.5) is 0 Å². The van der Waals surface area contributed by atoms with Crippen molar-refractivity contribution in [2.75, 3.05) is 0 Å². The van der Waals surface area contributed by atoms with E-state index in [1.165, 1.54) is 18.4 Å². The van der Waals surface area contributed by atoms with Crippen LogP contribution in [0, 0.1) is 0 Å². The fourth-order valence-electron chi connectivity index (χ4n) is 0.640. The Morgan fingerprint density at radius 2 is 1.73 bits per heavy atom. The lowest BCUT2D eigenvalue weighted by molar-refractivity contribution is 0.929. The smallest absolute Gasteiger partial charge is 0.0287 e. The van der Waals surface area contributed by atoms with Crippen molar-refractivity contribution >= 4 is 0 Å². The van der Waals surface area contributed by atoms with Crippen LogP contribution in [0.25, 0.3) is 0 Å². The van der Waals surface area contributed by atoms with Crippen LogP contribution in [-0.4, -0.2) is 0 Å². The fourth-order valence-corrected chi connectivity index (χ4v) is 0.640. The average Bonchev–Trinajstić information content (AvgIpc) is 1.90. The van der Waals surface area contributed by atoms with Gasteiger partial charge in [-0.15, -0.1) is 0 Å². The predicted octanol–water partition coefficient (Wildman–Crippen LogP) is 4.34. The summed E-state index contributed by atoms with van der Waals surface area (Å²) >= 11 is 0. The first kappa shape index (κ1) is 13.1. The van der Waals surface area contributed by atoms with Gasteiger partial charge in [-0.1, -0.05) is 57.9 Å². The van der Waals surface area contributed by atoms with Crippen molar-refractivity contribution in [3.63, 3.8) is 0 Å². The molecule has 0 heteroatoms. The third kappa shape index (κ3) is 17.7. The zero-order chi connectivity index (χ0) is 9.11. The zero-order valence-electron chi connectivity index (χ0n) is 8.48. The van der Waals surface area contributed by atoms with Gasteiger partial charge in [0.1, 0.15) is 0 Å². The molecule has 0 aromatic rings. The van der Waals surface area contributed by atoms with Crippen molar-refractivity contribution in [3.05, 3.63) is 24.3 Å². The summed E-state index contributed by atoms with van der Waals surface area (Å²) in [5.41, 5.74) is 1.23. The first-order chi connectivity index (χ1) is 5.22. The molecular formula is C11H22. The summed E-state index contributed by atoms with van der Waals surface area (Å²) < 4.78 is 0. The minimum Gasteiger partial charge on any atom is -0.0958 e. The molecule has 11 heavy (non-hydrogen) atoms. The topological polar surface area (TPSA) is 0 Å². The first-order valence-electron chi connectivity index (χ1n) is 4.53. The Morgan fingerprint density at radius 3 is 2.00 bits per heavy atom. The van der Waals surface area contributed by atoms with Crippen LogP contribution < -0.4 is 0 Å². The van der Waals surface area contributed by atoms with Gasteiger partial charge in [0, 0.05) is 0 Å². The molecule has 66 valence electrons. The van der Waals surface area contributed by atoms with Crippen molar-refractivity contribution in [1.82, 2.24) is 0 Å². The van der Waals surface area contributed by atoms with Gasteiger partial charge in [0.05, 0.1) is 0 Å². The van der Waals surface area contributed by atoms with E-state index in [0.29, 0.717) is 0 Å². The second-order valence-corrected chi connectivity index (χ2v) is 2.62. The van der Waals surface area contributed by atoms with Crippen molar-refractivity contribution in [2.24, 2.45) is 0 Å². The molecule has 0 amide bonds.